The van der Waals surface area contributed by atoms with Crippen molar-refractivity contribution in [3.8, 4) is 0 Å². The summed E-state index contributed by atoms with van der Waals surface area (Å²) < 4.78 is 7.20. The van der Waals surface area contributed by atoms with E-state index in [1.807, 2.05) is 24.5 Å². The lowest BCUT2D eigenvalue weighted by Gasteiger charge is -2.12. The van der Waals surface area contributed by atoms with Crippen molar-refractivity contribution in [2.75, 3.05) is 19.8 Å². The largest absolute Gasteiger partial charge is 0.478 e. The van der Waals surface area contributed by atoms with Gasteiger partial charge in [0.1, 0.15) is 5.82 Å². The number of aromatic nitrogens is 2. The Labute approximate surface area is 123 Å². The van der Waals surface area contributed by atoms with Crippen molar-refractivity contribution < 1.29 is 19.7 Å². The van der Waals surface area contributed by atoms with E-state index < -0.39 is 5.97 Å². The molecule has 0 amide bonds. The number of aliphatic hydroxyl groups excluding tert-OH is 1. The fourth-order valence-electron chi connectivity index (χ4n) is 2.37. The van der Waals surface area contributed by atoms with Crippen LogP contribution in [0.15, 0.2) is 18.2 Å². The van der Waals surface area contributed by atoms with Gasteiger partial charge in [0.05, 0.1) is 36.4 Å². The molecule has 2 rings (SSSR count). The molecule has 0 saturated heterocycles. The monoisotopic (exact) mass is 292 g/mol. The fraction of sp³-hybridized carbons (Fsp3) is 0.467. The minimum absolute atomic E-state index is 0.0257. The maximum Gasteiger partial charge on any atom is 0.337 e. The summed E-state index contributed by atoms with van der Waals surface area (Å²) in [6.45, 7) is 5.20. The number of aromatic carboxylic acids is 1. The number of imidazole rings is 1. The average Bonchev–Trinajstić information content (AvgIpc) is 2.82. The van der Waals surface area contributed by atoms with Gasteiger partial charge < -0.3 is 19.5 Å². The fourth-order valence-corrected chi connectivity index (χ4v) is 2.37. The van der Waals surface area contributed by atoms with E-state index in [2.05, 4.69) is 4.98 Å². The highest BCUT2D eigenvalue weighted by Gasteiger charge is 2.18. The van der Waals surface area contributed by atoms with Gasteiger partial charge in [-0.15, -0.1) is 0 Å². The number of aliphatic hydroxyl groups is 1. The molecule has 0 aliphatic heterocycles. The third kappa shape index (κ3) is 3.22. The molecule has 1 aromatic heterocycles. The van der Waals surface area contributed by atoms with Crippen LogP contribution in [0.1, 0.15) is 35.9 Å². The summed E-state index contributed by atoms with van der Waals surface area (Å²) in [5, 5.41) is 18.1. The van der Waals surface area contributed by atoms with Gasteiger partial charge in [0.2, 0.25) is 0 Å². The van der Waals surface area contributed by atoms with Crippen molar-refractivity contribution >= 4 is 17.0 Å². The van der Waals surface area contributed by atoms with E-state index in [-0.39, 0.29) is 24.7 Å². The van der Waals surface area contributed by atoms with E-state index in [9.17, 15) is 9.90 Å². The molecule has 0 saturated carbocycles. The third-order valence-electron chi connectivity index (χ3n) is 3.24. The minimum Gasteiger partial charge on any atom is -0.478 e. The van der Waals surface area contributed by atoms with Crippen LogP contribution in [0.25, 0.3) is 11.0 Å². The van der Waals surface area contributed by atoms with Crippen molar-refractivity contribution in [2.45, 2.75) is 26.3 Å². The maximum absolute atomic E-state index is 11.4. The molecule has 0 fully saturated rings. The van der Waals surface area contributed by atoms with Crippen LogP contribution in [-0.2, 0) is 11.3 Å². The van der Waals surface area contributed by atoms with Crippen molar-refractivity contribution in [3.63, 3.8) is 0 Å². The predicted octanol–water partition coefficient (Wildman–Crippen LogP) is 1.87. The van der Waals surface area contributed by atoms with E-state index >= 15 is 0 Å². The molecule has 1 aromatic carbocycles. The second-order valence-corrected chi connectivity index (χ2v) is 5.09. The lowest BCUT2D eigenvalue weighted by Crippen LogP contribution is -2.13. The molecule has 0 spiro atoms. The normalized spacial score (nSPS) is 11.4. The molecule has 2 aromatic rings. The van der Waals surface area contributed by atoms with Crippen LogP contribution in [0.2, 0.25) is 0 Å². The number of hydrogen-bond acceptors (Lipinski definition) is 4. The molecule has 1 heterocycles. The number of hydrogen-bond donors (Lipinski definition) is 2. The summed E-state index contributed by atoms with van der Waals surface area (Å²) in [6, 6.07) is 5.11. The highest BCUT2D eigenvalue weighted by Crippen LogP contribution is 2.24. The molecular formula is C15H20N2O4. The van der Waals surface area contributed by atoms with Crippen LogP contribution in [-0.4, -0.2) is 45.6 Å². The predicted molar refractivity (Wildman–Crippen MR) is 78.7 cm³/mol. The van der Waals surface area contributed by atoms with Gasteiger partial charge in [-0.05, 0) is 12.1 Å². The molecule has 21 heavy (non-hydrogen) atoms. The summed E-state index contributed by atoms with van der Waals surface area (Å²) in [7, 11) is 0. The Morgan fingerprint density at radius 2 is 2.14 bits per heavy atom. The lowest BCUT2D eigenvalue weighted by atomic mass is 10.2. The Bertz CT molecular complexity index is 634. The van der Waals surface area contributed by atoms with E-state index in [0.717, 1.165) is 5.82 Å². The summed E-state index contributed by atoms with van der Waals surface area (Å²) in [6.07, 6.45) is 0. The van der Waals surface area contributed by atoms with Crippen molar-refractivity contribution in [2.24, 2.45) is 0 Å². The minimum atomic E-state index is -0.965. The first-order chi connectivity index (χ1) is 10.1. The molecule has 0 aliphatic rings. The number of carbonyl (C=O) groups is 1. The zero-order chi connectivity index (χ0) is 15.4. The van der Waals surface area contributed by atoms with E-state index in [1.54, 1.807) is 12.1 Å². The molecule has 6 heteroatoms. The van der Waals surface area contributed by atoms with Gasteiger partial charge in [0.15, 0.2) is 0 Å². The van der Waals surface area contributed by atoms with Crippen LogP contribution in [0.5, 0.6) is 0 Å². The van der Waals surface area contributed by atoms with Gasteiger partial charge in [-0.25, -0.2) is 9.78 Å². The molecule has 114 valence electrons. The van der Waals surface area contributed by atoms with Gasteiger partial charge in [0.25, 0.3) is 0 Å². The molecule has 0 radical (unpaired) electrons. The van der Waals surface area contributed by atoms with Crippen molar-refractivity contribution in [3.05, 3.63) is 29.6 Å². The summed E-state index contributed by atoms with van der Waals surface area (Å²) in [5.74, 6) is 0.0523. The Morgan fingerprint density at radius 1 is 1.38 bits per heavy atom. The molecule has 0 atom stereocenters. The Kier molecular flexibility index (Phi) is 4.93. The van der Waals surface area contributed by atoms with E-state index in [4.69, 9.17) is 9.84 Å². The molecule has 6 nitrogen and oxygen atoms in total. The van der Waals surface area contributed by atoms with Gasteiger partial charge >= 0.3 is 5.97 Å². The molecule has 0 aliphatic carbocycles. The van der Waals surface area contributed by atoms with Gasteiger partial charge in [0, 0.05) is 12.5 Å². The Morgan fingerprint density at radius 3 is 2.76 bits per heavy atom. The van der Waals surface area contributed by atoms with Crippen LogP contribution in [0.3, 0.4) is 0 Å². The molecule has 2 N–H and O–H groups in total. The van der Waals surface area contributed by atoms with E-state index in [1.165, 1.54) is 0 Å². The second-order valence-electron chi connectivity index (χ2n) is 5.09. The third-order valence-corrected chi connectivity index (χ3v) is 3.24. The number of nitrogens with zero attached hydrogens (tertiary/aromatic N) is 2. The number of rotatable bonds is 7. The number of para-hydroxylation sites is 1. The van der Waals surface area contributed by atoms with Crippen LogP contribution in [0, 0.1) is 0 Å². The second kappa shape index (κ2) is 6.69. The molecular weight excluding hydrogens is 272 g/mol. The number of carboxylic acids is 1. The smallest absolute Gasteiger partial charge is 0.337 e. The van der Waals surface area contributed by atoms with Gasteiger partial charge in [-0.3, -0.25) is 0 Å². The first kappa shape index (κ1) is 15.5. The number of ether oxygens (including phenoxy) is 1. The molecule has 0 bridgehead atoms. The van der Waals surface area contributed by atoms with Crippen molar-refractivity contribution in [1.82, 2.24) is 9.55 Å². The molecule has 0 unspecified atom stereocenters. The van der Waals surface area contributed by atoms with Crippen LogP contribution < -0.4 is 0 Å². The maximum atomic E-state index is 11.4. The van der Waals surface area contributed by atoms with Crippen LogP contribution in [0.4, 0.5) is 0 Å². The van der Waals surface area contributed by atoms with Crippen molar-refractivity contribution in [1.29, 1.82) is 0 Å². The zero-order valence-corrected chi connectivity index (χ0v) is 12.2. The zero-order valence-electron chi connectivity index (χ0n) is 12.2. The Balaban J connectivity index is 2.47. The topological polar surface area (TPSA) is 84.6 Å². The van der Waals surface area contributed by atoms with Gasteiger partial charge in [-0.2, -0.15) is 0 Å². The number of fused-ring (bicyclic) bond motifs is 1. The first-order valence-electron chi connectivity index (χ1n) is 6.97. The highest BCUT2D eigenvalue weighted by atomic mass is 16.5. The highest BCUT2D eigenvalue weighted by molar-refractivity contribution is 6.01. The summed E-state index contributed by atoms with van der Waals surface area (Å²) in [5.41, 5.74) is 1.55. The van der Waals surface area contributed by atoms with Crippen LogP contribution >= 0.6 is 0 Å². The lowest BCUT2D eigenvalue weighted by molar-refractivity contribution is 0.0698. The standard InChI is InChI=1S/C15H20N2O4/c1-10(2)14-16-12-5-3-4-11(15(19)20)13(12)17(14)6-8-21-9-7-18/h3-5,10,18H,6-9H2,1-2H3,(H,19,20). The summed E-state index contributed by atoms with van der Waals surface area (Å²) in [4.78, 5) is 16.0. The number of benzene rings is 1. The van der Waals surface area contributed by atoms with Gasteiger partial charge in [-0.1, -0.05) is 19.9 Å². The Hall–Kier alpha value is -1.92. The summed E-state index contributed by atoms with van der Waals surface area (Å²) >= 11 is 0. The first-order valence-corrected chi connectivity index (χ1v) is 6.97. The average molecular weight is 292 g/mol. The van der Waals surface area contributed by atoms with E-state index in [0.29, 0.717) is 24.2 Å². The SMILES string of the molecule is CC(C)c1nc2cccc(C(=O)O)c2n1CCOCCO. The number of carboxylic acid groups (broad SMARTS) is 1. The quantitative estimate of drug-likeness (QED) is 0.761.